The van der Waals surface area contributed by atoms with Crippen molar-refractivity contribution >= 4 is 23.5 Å². The molecule has 1 aromatic heterocycles. The minimum atomic E-state index is -1.26. The van der Waals surface area contributed by atoms with Crippen molar-refractivity contribution in [1.82, 2.24) is 15.6 Å². The molecule has 9 heteroatoms. The lowest BCUT2D eigenvalue weighted by Gasteiger charge is -2.29. The third-order valence-electron chi connectivity index (χ3n) is 6.02. The van der Waals surface area contributed by atoms with E-state index in [0.717, 1.165) is 5.56 Å². The zero-order valence-electron chi connectivity index (χ0n) is 21.3. The number of anilines is 1. The molecule has 3 aromatic rings. The molecule has 194 valence electrons. The smallest absolute Gasteiger partial charge is 0.336 e. The van der Waals surface area contributed by atoms with Gasteiger partial charge in [-0.05, 0) is 53.8 Å². The molecule has 2 aromatic carbocycles. The van der Waals surface area contributed by atoms with E-state index in [-0.39, 0.29) is 35.5 Å². The van der Waals surface area contributed by atoms with Gasteiger partial charge in [-0.1, -0.05) is 45.0 Å². The predicted molar refractivity (Wildman–Crippen MR) is 141 cm³/mol. The van der Waals surface area contributed by atoms with Crippen molar-refractivity contribution in [2.45, 2.75) is 40.3 Å². The molecule has 3 rings (SSSR count). The number of nitrogens with two attached hydrogens (primary N) is 1. The van der Waals surface area contributed by atoms with Crippen LogP contribution in [0.3, 0.4) is 0 Å². The van der Waals surface area contributed by atoms with Gasteiger partial charge in [0.05, 0.1) is 18.2 Å². The van der Waals surface area contributed by atoms with Crippen LogP contribution in [-0.4, -0.2) is 45.6 Å². The number of pyridine rings is 1. The number of benzene rings is 2. The number of rotatable bonds is 8. The van der Waals surface area contributed by atoms with Gasteiger partial charge in [0.1, 0.15) is 5.69 Å². The summed E-state index contributed by atoms with van der Waals surface area (Å²) in [6.45, 7) is 7.35. The second-order valence-corrected chi connectivity index (χ2v) is 9.91. The van der Waals surface area contributed by atoms with E-state index in [1.807, 2.05) is 20.8 Å². The third kappa shape index (κ3) is 6.71. The largest absolute Gasteiger partial charge is 0.478 e. The van der Waals surface area contributed by atoms with E-state index < -0.39 is 29.2 Å². The van der Waals surface area contributed by atoms with Crippen molar-refractivity contribution in [3.05, 3.63) is 82.7 Å². The minimum Gasteiger partial charge on any atom is -0.478 e. The molecular formula is C28H32N4O5. The number of nitrogen functional groups attached to an aromatic ring is 1. The molecule has 6 N–H and O–H groups in total. The zero-order valence-corrected chi connectivity index (χ0v) is 21.3. The lowest BCUT2D eigenvalue weighted by Crippen LogP contribution is -2.46. The summed E-state index contributed by atoms with van der Waals surface area (Å²) in [6, 6.07) is 14.1. The Labute approximate surface area is 215 Å². The Bertz CT molecular complexity index is 1310. The van der Waals surface area contributed by atoms with E-state index >= 15 is 0 Å². The minimum absolute atomic E-state index is 0.0724. The normalized spacial score (nSPS) is 12.0. The number of hydrogen-bond donors (Lipinski definition) is 5. The molecule has 0 aliphatic rings. The topological polar surface area (TPSA) is 155 Å². The Hall–Kier alpha value is -4.24. The Morgan fingerprint density at radius 3 is 2.22 bits per heavy atom. The molecule has 0 saturated heterocycles. The Balaban J connectivity index is 1.95. The second-order valence-electron chi connectivity index (χ2n) is 9.91. The fraction of sp³-hybridized carbons (Fsp3) is 0.286. The number of aromatic carboxylic acids is 1. The van der Waals surface area contributed by atoms with E-state index in [2.05, 4.69) is 15.6 Å². The van der Waals surface area contributed by atoms with Crippen LogP contribution in [0, 0.1) is 12.3 Å². The van der Waals surface area contributed by atoms with Crippen LogP contribution >= 0.6 is 0 Å². The first kappa shape index (κ1) is 27.3. The molecule has 1 atom stereocenters. The number of nitrogens with one attached hydrogen (secondary N) is 2. The molecule has 2 amide bonds. The summed E-state index contributed by atoms with van der Waals surface area (Å²) in [4.78, 5) is 42.5. The molecule has 0 unspecified atom stereocenters. The van der Waals surface area contributed by atoms with Gasteiger partial charge in [-0.2, -0.15) is 0 Å². The van der Waals surface area contributed by atoms with Crippen LogP contribution in [0.15, 0.2) is 54.6 Å². The molecule has 37 heavy (non-hydrogen) atoms. The van der Waals surface area contributed by atoms with Gasteiger partial charge in [0.25, 0.3) is 11.8 Å². The summed E-state index contributed by atoms with van der Waals surface area (Å²) >= 11 is 0. The average Bonchev–Trinajstić information content (AvgIpc) is 2.85. The molecule has 0 aliphatic carbocycles. The second kappa shape index (κ2) is 11.2. The van der Waals surface area contributed by atoms with Crippen LogP contribution in [0.5, 0.6) is 0 Å². The molecule has 0 radical (unpaired) electrons. The van der Waals surface area contributed by atoms with E-state index in [0.29, 0.717) is 16.9 Å². The van der Waals surface area contributed by atoms with Crippen LogP contribution in [0.4, 0.5) is 5.69 Å². The molecule has 0 spiro atoms. The van der Waals surface area contributed by atoms with Gasteiger partial charge in [0, 0.05) is 29.1 Å². The summed E-state index contributed by atoms with van der Waals surface area (Å²) in [7, 11) is 0. The SMILES string of the molecule is Cc1ccc(-c2ccc(C(=O)N[C@H](CO)C(C)(C)C)cc2C(=O)O)c(C(=O)NCc2ccc(N)cc2)n1. The fourth-order valence-electron chi connectivity index (χ4n) is 3.72. The number of aliphatic hydroxyl groups is 1. The Morgan fingerprint density at radius 1 is 0.973 bits per heavy atom. The lowest BCUT2D eigenvalue weighted by molar-refractivity contribution is 0.0697. The van der Waals surface area contributed by atoms with E-state index in [4.69, 9.17) is 5.73 Å². The summed E-state index contributed by atoms with van der Waals surface area (Å²) in [5, 5.41) is 25.2. The maximum Gasteiger partial charge on any atom is 0.336 e. The predicted octanol–water partition coefficient (Wildman–Crippen LogP) is 3.40. The van der Waals surface area contributed by atoms with Crippen molar-refractivity contribution in [2.24, 2.45) is 5.41 Å². The maximum absolute atomic E-state index is 13.1. The molecular weight excluding hydrogens is 472 g/mol. The number of carboxylic acids is 1. The first-order valence-corrected chi connectivity index (χ1v) is 11.8. The van der Waals surface area contributed by atoms with Gasteiger partial charge < -0.3 is 26.6 Å². The van der Waals surface area contributed by atoms with Crippen molar-refractivity contribution < 1.29 is 24.6 Å². The lowest BCUT2D eigenvalue weighted by atomic mass is 9.87. The number of carboxylic acid groups (broad SMARTS) is 1. The van der Waals surface area contributed by atoms with Gasteiger partial charge in [-0.25, -0.2) is 9.78 Å². The summed E-state index contributed by atoms with van der Waals surface area (Å²) in [5.74, 6) is -2.23. The van der Waals surface area contributed by atoms with Crippen molar-refractivity contribution in [2.75, 3.05) is 12.3 Å². The molecule has 9 nitrogen and oxygen atoms in total. The Morgan fingerprint density at radius 2 is 1.62 bits per heavy atom. The Kier molecular flexibility index (Phi) is 8.29. The highest BCUT2D eigenvalue weighted by atomic mass is 16.4. The van der Waals surface area contributed by atoms with Gasteiger partial charge in [0.2, 0.25) is 0 Å². The van der Waals surface area contributed by atoms with Gasteiger partial charge in [-0.3, -0.25) is 9.59 Å². The van der Waals surface area contributed by atoms with Crippen LogP contribution in [0.2, 0.25) is 0 Å². The van der Waals surface area contributed by atoms with Crippen LogP contribution < -0.4 is 16.4 Å². The van der Waals surface area contributed by atoms with Crippen molar-refractivity contribution in [1.29, 1.82) is 0 Å². The summed E-state index contributed by atoms with van der Waals surface area (Å²) < 4.78 is 0. The van der Waals surface area contributed by atoms with Gasteiger partial charge >= 0.3 is 5.97 Å². The standard InChI is InChI=1S/C28H32N4O5/c1-16-5-11-21(24(31-16)26(35)30-14-17-6-9-19(29)10-7-17)20-12-8-18(13-22(20)27(36)37)25(34)32-23(15-33)28(2,3)4/h5-13,23,33H,14-15,29H2,1-4H3,(H,30,35)(H,32,34)(H,36,37)/t23-/m1/s1. The number of aromatic nitrogens is 1. The average molecular weight is 505 g/mol. The number of aliphatic hydroxyl groups excluding tert-OH is 1. The van der Waals surface area contributed by atoms with Crippen molar-refractivity contribution in [3.8, 4) is 11.1 Å². The highest BCUT2D eigenvalue weighted by Crippen LogP contribution is 2.28. The highest BCUT2D eigenvalue weighted by molar-refractivity contribution is 6.05. The third-order valence-corrected chi connectivity index (χ3v) is 6.02. The van der Waals surface area contributed by atoms with Crippen molar-refractivity contribution in [3.63, 3.8) is 0 Å². The maximum atomic E-state index is 13.1. The van der Waals surface area contributed by atoms with Crippen LogP contribution in [0.25, 0.3) is 11.1 Å². The van der Waals surface area contributed by atoms with E-state index in [9.17, 15) is 24.6 Å². The highest BCUT2D eigenvalue weighted by Gasteiger charge is 2.27. The first-order chi connectivity index (χ1) is 17.4. The quantitative estimate of drug-likeness (QED) is 0.295. The number of amides is 2. The number of aryl methyl sites for hydroxylation is 1. The number of nitrogens with zero attached hydrogens (tertiary/aromatic N) is 1. The number of hydrogen-bond acceptors (Lipinski definition) is 6. The van der Waals surface area contributed by atoms with E-state index in [1.54, 1.807) is 43.3 Å². The fourth-order valence-corrected chi connectivity index (χ4v) is 3.72. The molecule has 1 heterocycles. The monoisotopic (exact) mass is 504 g/mol. The zero-order chi connectivity index (χ0) is 27.3. The number of carbonyl (C=O) groups is 3. The van der Waals surface area contributed by atoms with E-state index in [1.165, 1.54) is 18.2 Å². The van der Waals surface area contributed by atoms with Gasteiger partial charge in [-0.15, -0.1) is 0 Å². The van der Waals surface area contributed by atoms with Crippen LogP contribution in [0.1, 0.15) is 63.2 Å². The summed E-state index contributed by atoms with van der Waals surface area (Å²) in [5.41, 5.74) is 7.98. The van der Waals surface area contributed by atoms with Gasteiger partial charge in [0.15, 0.2) is 0 Å². The molecule has 0 fully saturated rings. The first-order valence-electron chi connectivity index (χ1n) is 11.8. The molecule has 0 aliphatic heterocycles. The number of carbonyl (C=O) groups excluding carboxylic acids is 2. The molecule has 0 bridgehead atoms. The molecule has 0 saturated carbocycles. The summed E-state index contributed by atoms with van der Waals surface area (Å²) in [6.07, 6.45) is 0. The van der Waals surface area contributed by atoms with Crippen LogP contribution in [-0.2, 0) is 6.54 Å².